The van der Waals surface area contributed by atoms with Gasteiger partial charge in [0.1, 0.15) is 5.75 Å². The molecule has 0 amide bonds. The van der Waals surface area contributed by atoms with Crippen molar-refractivity contribution < 1.29 is 18.3 Å². The van der Waals surface area contributed by atoms with E-state index in [1.807, 2.05) is 11.8 Å². The van der Waals surface area contributed by atoms with Crippen LogP contribution < -0.4 is 5.32 Å². The highest BCUT2D eigenvalue weighted by Crippen LogP contribution is 2.36. The van der Waals surface area contributed by atoms with Crippen LogP contribution in [0.3, 0.4) is 0 Å². The van der Waals surface area contributed by atoms with E-state index in [-0.39, 0.29) is 30.4 Å². The van der Waals surface area contributed by atoms with E-state index in [2.05, 4.69) is 5.32 Å². The molecule has 0 bridgehead atoms. The summed E-state index contributed by atoms with van der Waals surface area (Å²) in [7, 11) is 0. The second kappa shape index (κ2) is 9.45. The molecule has 0 unspecified atom stereocenters. The largest absolute Gasteiger partial charge is 0.507 e. The molecule has 128 valence electrons. The molecule has 1 saturated heterocycles. The molecule has 0 saturated carbocycles. The summed E-state index contributed by atoms with van der Waals surface area (Å²) in [6.45, 7) is 4.81. The van der Waals surface area contributed by atoms with Gasteiger partial charge < -0.3 is 10.4 Å². The van der Waals surface area contributed by atoms with Gasteiger partial charge >= 0.3 is 0 Å². The summed E-state index contributed by atoms with van der Waals surface area (Å²) in [6.07, 6.45) is 1.34. The molecular formula is C14H21Cl2F3N2O. The normalized spacial score (nSPS) is 16.5. The molecule has 0 aliphatic carbocycles. The first-order valence-electron chi connectivity index (χ1n) is 6.87. The van der Waals surface area contributed by atoms with E-state index >= 15 is 0 Å². The predicted octanol–water partition coefficient (Wildman–Crippen LogP) is 3.40. The second-order valence-corrected chi connectivity index (χ2v) is 5.01. The Morgan fingerprint density at radius 2 is 1.77 bits per heavy atom. The lowest BCUT2D eigenvalue weighted by Crippen LogP contribution is -2.45. The SMILES string of the molecule is CCC[C@H](c1c(O)cc(F)c(F)c1F)N1CCNCC1.Cl.Cl. The number of phenolic OH excluding ortho intramolecular Hbond substituents is 1. The average molecular weight is 361 g/mol. The Morgan fingerprint density at radius 1 is 1.18 bits per heavy atom. The molecule has 0 radical (unpaired) electrons. The Kier molecular flexibility index (Phi) is 9.15. The molecule has 1 fully saturated rings. The van der Waals surface area contributed by atoms with Crippen LogP contribution in [-0.2, 0) is 0 Å². The van der Waals surface area contributed by atoms with Crippen LogP contribution in [0.15, 0.2) is 6.07 Å². The first kappa shape index (κ1) is 21.3. The van der Waals surface area contributed by atoms with Gasteiger partial charge in [0, 0.05) is 43.9 Å². The van der Waals surface area contributed by atoms with Crippen LogP contribution in [0.25, 0.3) is 0 Å². The summed E-state index contributed by atoms with van der Waals surface area (Å²) in [5, 5.41) is 13.0. The molecule has 1 heterocycles. The minimum absolute atomic E-state index is 0. The zero-order valence-corrected chi connectivity index (χ0v) is 13.9. The smallest absolute Gasteiger partial charge is 0.195 e. The highest BCUT2D eigenvalue weighted by atomic mass is 35.5. The van der Waals surface area contributed by atoms with Gasteiger partial charge in [-0.05, 0) is 6.42 Å². The standard InChI is InChI=1S/C14H19F3N2O.2ClH/c1-2-3-10(19-6-4-18-5-7-19)12-11(20)8-9(15)13(16)14(12)17;;/h8,10,18,20H,2-7H2,1H3;2*1H/t10-;;/m1../s1. The van der Waals surface area contributed by atoms with Gasteiger partial charge in [0.05, 0.1) is 0 Å². The van der Waals surface area contributed by atoms with Crippen molar-refractivity contribution in [2.75, 3.05) is 26.2 Å². The van der Waals surface area contributed by atoms with Crippen LogP contribution in [0.4, 0.5) is 13.2 Å². The topological polar surface area (TPSA) is 35.5 Å². The van der Waals surface area contributed by atoms with E-state index in [4.69, 9.17) is 0 Å². The highest BCUT2D eigenvalue weighted by Gasteiger charge is 2.29. The van der Waals surface area contributed by atoms with Crippen molar-refractivity contribution in [1.29, 1.82) is 0 Å². The number of hydrogen-bond acceptors (Lipinski definition) is 3. The van der Waals surface area contributed by atoms with E-state index in [1.54, 1.807) is 0 Å². The number of nitrogens with zero attached hydrogens (tertiary/aromatic N) is 1. The molecule has 2 rings (SSSR count). The summed E-state index contributed by atoms with van der Waals surface area (Å²) in [5.74, 6) is -4.67. The minimum atomic E-state index is -1.52. The highest BCUT2D eigenvalue weighted by molar-refractivity contribution is 5.85. The maximum atomic E-state index is 14.0. The van der Waals surface area contributed by atoms with E-state index in [0.717, 1.165) is 19.5 Å². The van der Waals surface area contributed by atoms with E-state index < -0.39 is 29.2 Å². The number of rotatable bonds is 4. The number of piperazine rings is 1. The molecule has 1 aliphatic heterocycles. The van der Waals surface area contributed by atoms with Crippen LogP contribution in [-0.4, -0.2) is 36.2 Å². The van der Waals surface area contributed by atoms with Gasteiger partial charge in [-0.3, -0.25) is 4.90 Å². The lowest BCUT2D eigenvalue weighted by Gasteiger charge is -2.35. The molecule has 3 nitrogen and oxygen atoms in total. The van der Waals surface area contributed by atoms with Crippen LogP contribution in [0.2, 0.25) is 0 Å². The Balaban J connectivity index is 0.00000220. The summed E-state index contributed by atoms with van der Waals surface area (Å²) in [6, 6.07) is 0.218. The molecule has 8 heteroatoms. The molecular weight excluding hydrogens is 340 g/mol. The molecule has 1 aromatic carbocycles. The number of benzene rings is 1. The van der Waals surface area contributed by atoms with Crippen molar-refractivity contribution in [3.8, 4) is 5.75 Å². The van der Waals surface area contributed by atoms with Gasteiger partial charge in [0.2, 0.25) is 0 Å². The average Bonchev–Trinajstić information content (AvgIpc) is 2.45. The van der Waals surface area contributed by atoms with Crippen molar-refractivity contribution in [1.82, 2.24) is 10.2 Å². The maximum Gasteiger partial charge on any atom is 0.195 e. The summed E-state index contributed by atoms with van der Waals surface area (Å²) >= 11 is 0. The molecule has 1 aromatic rings. The number of halogens is 5. The number of nitrogens with one attached hydrogen (secondary N) is 1. The van der Waals surface area contributed by atoms with E-state index in [1.165, 1.54) is 0 Å². The Bertz CT molecular complexity index is 486. The molecule has 0 spiro atoms. The summed E-state index contributed by atoms with van der Waals surface area (Å²) in [5.41, 5.74) is -0.132. The number of phenols is 1. The Morgan fingerprint density at radius 3 is 2.32 bits per heavy atom. The van der Waals surface area contributed by atoms with Gasteiger partial charge in [0.25, 0.3) is 0 Å². The zero-order valence-electron chi connectivity index (χ0n) is 12.2. The third-order valence-electron chi connectivity index (χ3n) is 3.67. The second-order valence-electron chi connectivity index (χ2n) is 5.01. The molecule has 1 aliphatic rings. The van der Waals surface area contributed by atoms with Crippen LogP contribution in [0.5, 0.6) is 5.75 Å². The van der Waals surface area contributed by atoms with Crippen molar-refractivity contribution in [3.63, 3.8) is 0 Å². The lowest BCUT2D eigenvalue weighted by atomic mass is 9.97. The van der Waals surface area contributed by atoms with E-state index in [9.17, 15) is 18.3 Å². The predicted molar refractivity (Wildman–Crippen MR) is 84.6 cm³/mol. The third kappa shape index (κ3) is 4.41. The molecule has 22 heavy (non-hydrogen) atoms. The first-order chi connectivity index (χ1) is 9.56. The van der Waals surface area contributed by atoms with Crippen molar-refractivity contribution >= 4 is 24.8 Å². The molecule has 0 aromatic heterocycles. The third-order valence-corrected chi connectivity index (χ3v) is 3.67. The van der Waals surface area contributed by atoms with E-state index in [0.29, 0.717) is 25.6 Å². The van der Waals surface area contributed by atoms with Crippen LogP contribution in [0.1, 0.15) is 31.4 Å². The van der Waals surface area contributed by atoms with Gasteiger partial charge in [0.15, 0.2) is 17.5 Å². The van der Waals surface area contributed by atoms with Crippen LogP contribution in [0, 0.1) is 17.5 Å². The summed E-state index contributed by atoms with van der Waals surface area (Å²) < 4.78 is 40.6. The minimum Gasteiger partial charge on any atom is -0.507 e. The first-order valence-corrected chi connectivity index (χ1v) is 6.87. The number of aromatic hydroxyl groups is 1. The Hall–Kier alpha value is -0.690. The summed E-state index contributed by atoms with van der Waals surface area (Å²) in [4.78, 5) is 2.00. The molecule has 2 N–H and O–H groups in total. The quantitative estimate of drug-likeness (QED) is 0.807. The van der Waals surface area contributed by atoms with Gasteiger partial charge in [-0.15, -0.1) is 24.8 Å². The number of hydrogen-bond donors (Lipinski definition) is 2. The monoisotopic (exact) mass is 360 g/mol. The zero-order chi connectivity index (χ0) is 14.7. The van der Waals surface area contributed by atoms with Gasteiger partial charge in [-0.2, -0.15) is 0 Å². The van der Waals surface area contributed by atoms with Crippen molar-refractivity contribution in [3.05, 3.63) is 29.1 Å². The van der Waals surface area contributed by atoms with Gasteiger partial charge in [-0.25, -0.2) is 13.2 Å². The fourth-order valence-electron chi connectivity index (χ4n) is 2.69. The Labute approximate surface area is 140 Å². The molecule has 1 atom stereocenters. The lowest BCUT2D eigenvalue weighted by molar-refractivity contribution is 0.157. The van der Waals surface area contributed by atoms with Crippen molar-refractivity contribution in [2.24, 2.45) is 0 Å². The fourth-order valence-corrected chi connectivity index (χ4v) is 2.69. The van der Waals surface area contributed by atoms with Gasteiger partial charge in [-0.1, -0.05) is 13.3 Å². The maximum absolute atomic E-state index is 14.0. The van der Waals surface area contributed by atoms with Crippen LogP contribution >= 0.6 is 24.8 Å². The fraction of sp³-hybridized carbons (Fsp3) is 0.571. The van der Waals surface area contributed by atoms with Crippen molar-refractivity contribution in [2.45, 2.75) is 25.8 Å².